The van der Waals surface area contributed by atoms with Gasteiger partial charge in [-0.3, -0.25) is 14.9 Å². The van der Waals surface area contributed by atoms with E-state index in [2.05, 4.69) is 30.6 Å². The Morgan fingerprint density at radius 1 is 1.18 bits per heavy atom. The Labute approximate surface area is 192 Å². The molecule has 2 aliphatic rings. The molecule has 174 valence electrons. The van der Waals surface area contributed by atoms with Crippen LogP contribution in [0.3, 0.4) is 0 Å². The predicted octanol–water partition coefficient (Wildman–Crippen LogP) is 3.09. The topological polar surface area (TPSA) is 92.0 Å². The first-order valence-electron chi connectivity index (χ1n) is 11.2. The Balaban J connectivity index is 1.43. The second-order valence-corrected chi connectivity index (χ2v) is 8.83. The number of halogens is 1. The molecule has 0 aromatic carbocycles. The minimum absolute atomic E-state index is 0.313. The number of pyridine rings is 1. The molecule has 0 bridgehead atoms. The van der Waals surface area contributed by atoms with Gasteiger partial charge in [-0.1, -0.05) is 0 Å². The number of aryl methyl sites for hydroxylation is 1. The van der Waals surface area contributed by atoms with Crippen molar-refractivity contribution < 1.29 is 9.13 Å². The van der Waals surface area contributed by atoms with Gasteiger partial charge in [0.1, 0.15) is 11.7 Å². The van der Waals surface area contributed by atoms with Crippen LogP contribution < -0.4 is 10.6 Å². The van der Waals surface area contributed by atoms with Crippen molar-refractivity contribution in [3.8, 4) is 11.3 Å². The van der Waals surface area contributed by atoms with Crippen LogP contribution in [-0.4, -0.2) is 81.8 Å². The second-order valence-electron chi connectivity index (χ2n) is 8.83. The molecule has 0 amide bonds. The van der Waals surface area contributed by atoms with Crippen LogP contribution in [0.2, 0.25) is 0 Å². The van der Waals surface area contributed by atoms with Crippen molar-refractivity contribution in [3.63, 3.8) is 0 Å². The van der Waals surface area contributed by atoms with Crippen LogP contribution in [0, 0.1) is 6.92 Å². The fraction of sp³-hybridized carbons (Fsp3) is 0.478. The number of aliphatic imine (C=N–C) groups is 1. The minimum atomic E-state index is -0.983. The monoisotopic (exact) mass is 452 g/mol. The molecular formula is C23H29FN8O. The van der Waals surface area contributed by atoms with Gasteiger partial charge in [-0.2, -0.15) is 4.98 Å². The molecule has 2 atom stereocenters. The molecule has 5 heterocycles. The molecule has 2 unspecified atom stereocenters. The number of nitrogens with one attached hydrogen (secondary N) is 2. The van der Waals surface area contributed by atoms with Gasteiger partial charge in [0.05, 0.1) is 42.4 Å². The van der Waals surface area contributed by atoms with Gasteiger partial charge in [0, 0.05) is 37.6 Å². The highest BCUT2D eigenvalue weighted by Crippen LogP contribution is 2.31. The van der Waals surface area contributed by atoms with E-state index in [4.69, 9.17) is 9.72 Å². The highest BCUT2D eigenvalue weighted by molar-refractivity contribution is 5.88. The van der Waals surface area contributed by atoms with Gasteiger partial charge in [0.25, 0.3) is 0 Å². The Morgan fingerprint density at radius 3 is 2.67 bits per heavy atom. The molecule has 2 fully saturated rings. The number of hydrogen-bond donors (Lipinski definition) is 2. The largest absolute Gasteiger partial charge is 0.378 e. The average Bonchev–Trinajstić information content (AvgIpc) is 3.31. The van der Waals surface area contributed by atoms with Gasteiger partial charge in [-0.05, 0) is 39.0 Å². The van der Waals surface area contributed by atoms with Crippen molar-refractivity contribution in [2.45, 2.75) is 39.0 Å². The lowest BCUT2D eigenvalue weighted by molar-refractivity contribution is -0.0585. The highest BCUT2D eigenvalue weighted by Gasteiger charge is 2.39. The summed E-state index contributed by atoms with van der Waals surface area (Å²) < 4.78 is 21.7. The van der Waals surface area contributed by atoms with Crippen LogP contribution >= 0.6 is 0 Å². The molecule has 2 N–H and O–H groups in total. The number of anilines is 2. The zero-order valence-corrected chi connectivity index (χ0v) is 19.3. The summed E-state index contributed by atoms with van der Waals surface area (Å²) in [4.78, 5) is 16.1. The molecule has 0 spiro atoms. The summed E-state index contributed by atoms with van der Waals surface area (Å²) in [6.45, 7) is 8.25. The average molecular weight is 453 g/mol. The van der Waals surface area contributed by atoms with Crippen LogP contribution in [0.25, 0.3) is 16.8 Å². The van der Waals surface area contributed by atoms with Crippen molar-refractivity contribution in [1.29, 1.82) is 0 Å². The Bertz CT molecular complexity index is 1200. The summed E-state index contributed by atoms with van der Waals surface area (Å²) in [5.41, 5.74) is 5.25. The Morgan fingerprint density at radius 2 is 2.00 bits per heavy atom. The number of alkyl halides is 1. The van der Waals surface area contributed by atoms with Gasteiger partial charge in [-0.25, -0.2) is 8.91 Å². The number of ether oxygens (including phenoxy) is 1. The molecule has 0 radical (unpaired) electrons. The normalized spacial score (nSPS) is 21.2. The summed E-state index contributed by atoms with van der Waals surface area (Å²) in [6.07, 6.45) is 0.889. The molecule has 2 saturated heterocycles. The zero-order chi connectivity index (χ0) is 23.1. The second kappa shape index (κ2) is 8.68. The van der Waals surface area contributed by atoms with E-state index in [1.807, 2.05) is 52.2 Å². The van der Waals surface area contributed by atoms with E-state index in [0.29, 0.717) is 44.1 Å². The summed E-state index contributed by atoms with van der Waals surface area (Å²) in [5, 5.41) is 11.0. The van der Waals surface area contributed by atoms with E-state index < -0.39 is 6.17 Å². The van der Waals surface area contributed by atoms with Gasteiger partial charge in [-0.15, -0.1) is 5.10 Å². The SMILES string of the molecule is CNc1nc(NC2CN(C3COC3)CC2F)nn2ccc(-c3ccc(N=C(C)C)c(C)n3)c12. The summed E-state index contributed by atoms with van der Waals surface area (Å²) >= 11 is 0. The lowest BCUT2D eigenvalue weighted by Crippen LogP contribution is -2.48. The number of nitrogens with zero attached hydrogens (tertiary/aromatic N) is 6. The van der Waals surface area contributed by atoms with E-state index in [9.17, 15) is 4.39 Å². The number of hydrogen-bond acceptors (Lipinski definition) is 8. The molecule has 0 saturated carbocycles. The van der Waals surface area contributed by atoms with Crippen LogP contribution in [0.15, 0.2) is 29.4 Å². The number of fused-ring (bicyclic) bond motifs is 1. The van der Waals surface area contributed by atoms with Crippen LogP contribution in [0.4, 0.5) is 21.8 Å². The van der Waals surface area contributed by atoms with Crippen LogP contribution in [0.1, 0.15) is 19.5 Å². The molecular weight excluding hydrogens is 423 g/mol. The number of likely N-dealkylation sites (tertiary alicyclic amines) is 1. The molecule has 33 heavy (non-hydrogen) atoms. The highest BCUT2D eigenvalue weighted by atomic mass is 19.1. The molecule has 2 aliphatic heterocycles. The van der Waals surface area contributed by atoms with E-state index in [-0.39, 0.29) is 6.04 Å². The molecule has 3 aromatic heterocycles. The lowest BCUT2D eigenvalue weighted by Gasteiger charge is -2.34. The van der Waals surface area contributed by atoms with Crippen LogP contribution in [-0.2, 0) is 4.74 Å². The van der Waals surface area contributed by atoms with Gasteiger partial charge >= 0.3 is 0 Å². The predicted molar refractivity (Wildman–Crippen MR) is 127 cm³/mol. The van der Waals surface area contributed by atoms with Crippen molar-refractivity contribution >= 4 is 28.7 Å². The zero-order valence-electron chi connectivity index (χ0n) is 19.3. The number of rotatable bonds is 6. The fourth-order valence-corrected chi connectivity index (χ4v) is 4.36. The molecule has 3 aromatic rings. The first-order chi connectivity index (χ1) is 15.9. The van der Waals surface area contributed by atoms with E-state index in [1.54, 1.807) is 4.52 Å². The molecule has 0 aliphatic carbocycles. The quantitative estimate of drug-likeness (QED) is 0.555. The van der Waals surface area contributed by atoms with E-state index in [0.717, 1.165) is 33.9 Å². The third kappa shape index (κ3) is 4.16. The van der Waals surface area contributed by atoms with Gasteiger partial charge in [0.15, 0.2) is 5.82 Å². The van der Waals surface area contributed by atoms with Crippen molar-refractivity contribution in [3.05, 3.63) is 30.1 Å². The minimum Gasteiger partial charge on any atom is -0.378 e. The standard InChI is InChI=1S/C23H29FN8O/c1-13(2)26-18-5-6-19(27-14(18)3)16-7-8-32-21(16)22(25-4)29-23(30-32)28-20-10-31(9-17(20)24)15-11-33-12-15/h5-8,15,17,20H,9-12H2,1-4H3,(H2,25,28,29,30). The molecule has 10 heteroatoms. The van der Waals surface area contributed by atoms with Crippen molar-refractivity contribution in [1.82, 2.24) is 24.5 Å². The summed E-state index contributed by atoms with van der Waals surface area (Å²) in [7, 11) is 1.81. The lowest BCUT2D eigenvalue weighted by atomic mass is 10.1. The van der Waals surface area contributed by atoms with Crippen molar-refractivity contribution in [2.75, 3.05) is 44.0 Å². The maximum Gasteiger partial charge on any atom is 0.243 e. The van der Waals surface area contributed by atoms with Gasteiger partial charge < -0.3 is 15.4 Å². The van der Waals surface area contributed by atoms with Crippen LogP contribution in [0.5, 0.6) is 0 Å². The smallest absolute Gasteiger partial charge is 0.243 e. The third-order valence-corrected chi connectivity index (χ3v) is 6.15. The van der Waals surface area contributed by atoms with Crippen molar-refractivity contribution in [2.24, 2.45) is 4.99 Å². The first-order valence-corrected chi connectivity index (χ1v) is 11.2. The Hall–Kier alpha value is -3.11. The molecule has 9 nitrogen and oxygen atoms in total. The molecule has 5 rings (SSSR count). The van der Waals surface area contributed by atoms with Gasteiger partial charge in [0.2, 0.25) is 5.95 Å². The van der Waals surface area contributed by atoms with E-state index >= 15 is 0 Å². The number of aromatic nitrogens is 4. The maximum absolute atomic E-state index is 14.7. The summed E-state index contributed by atoms with van der Waals surface area (Å²) in [6, 6.07) is 5.86. The third-order valence-electron chi connectivity index (χ3n) is 6.15. The van der Waals surface area contributed by atoms with E-state index in [1.165, 1.54) is 0 Å². The Kier molecular flexibility index (Phi) is 5.71. The fourth-order valence-electron chi connectivity index (χ4n) is 4.36. The summed E-state index contributed by atoms with van der Waals surface area (Å²) in [5.74, 6) is 1.04. The maximum atomic E-state index is 14.7. The first kappa shape index (κ1) is 21.7.